The van der Waals surface area contributed by atoms with E-state index in [-0.39, 0.29) is 5.82 Å². The summed E-state index contributed by atoms with van der Waals surface area (Å²) in [6.45, 7) is 10.7. The van der Waals surface area contributed by atoms with Crippen LogP contribution in [0.25, 0.3) is 5.69 Å². The lowest BCUT2D eigenvalue weighted by Crippen LogP contribution is -2.38. The van der Waals surface area contributed by atoms with Gasteiger partial charge in [-0.2, -0.15) is 5.10 Å². The van der Waals surface area contributed by atoms with Gasteiger partial charge in [0.25, 0.3) is 0 Å². The first kappa shape index (κ1) is 21.5. The highest BCUT2D eigenvalue weighted by molar-refractivity contribution is 5.51. The Morgan fingerprint density at radius 2 is 1.97 bits per heavy atom. The summed E-state index contributed by atoms with van der Waals surface area (Å²) < 4.78 is 24.0. The van der Waals surface area contributed by atoms with E-state index < -0.39 is 0 Å². The van der Waals surface area contributed by atoms with E-state index in [9.17, 15) is 4.39 Å². The molecule has 0 amide bonds. The maximum Gasteiger partial charge on any atom is 0.147 e. The molecule has 1 N–H and O–H groups in total. The first-order valence-corrected chi connectivity index (χ1v) is 10.8. The molecule has 0 unspecified atom stereocenters. The van der Waals surface area contributed by atoms with Crippen LogP contribution in [0.5, 0.6) is 0 Å². The van der Waals surface area contributed by atoms with E-state index in [1.165, 1.54) is 5.56 Å². The van der Waals surface area contributed by atoms with Crippen LogP contribution in [0.3, 0.4) is 0 Å². The van der Waals surface area contributed by atoms with Gasteiger partial charge in [-0.15, -0.1) is 0 Å². The number of imidazole rings is 1. The van der Waals surface area contributed by atoms with Crippen LogP contribution < -0.4 is 10.2 Å². The van der Waals surface area contributed by atoms with Gasteiger partial charge in [-0.25, -0.2) is 9.37 Å². The summed E-state index contributed by atoms with van der Waals surface area (Å²) in [6, 6.07) is 5.36. The van der Waals surface area contributed by atoms with Crippen LogP contribution >= 0.6 is 0 Å². The number of morpholine rings is 1. The van der Waals surface area contributed by atoms with Gasteiger partial charge in [0.1, 0.15) is 17.5 Å². The molecular formula is C23H31FN6O. The molecule has 3 aromatic rings. The Labute approximate surface area is 182 Å². The van der Waals surface area contributed by atoms with E-state index in [2.05, 4.69) is 29.0 Å². The van der Waals surface area contributed by atoms with Crippen LogP contribution in [0.1, 0.15) is 42.4 Å². The second-order valence-electron chi connectivity index (χ2n) is 8.30. The molecule has 1 aromatic carbocycles. The average molecular weight is 427 g/mol. The molecular weight excluding hydrogens is 395 g/mol. The lowest BCUT2D eigenvalue weighted by Gasteiger charge is -2.29. The van der Waals surface area contributed by atoms with Gasteiger partial charge < -0.3 is 19.5 Å². The van der Waals surface area contributed by atoms with Gasteiger partial charge in [-0.1, -0.05) is 19.9 Å². The molecule has 0 bridgehead atoms. The number of aromatic nitrogens is 4. The van der Waals surface area contributed by atoms with Crippen LogP contribution in [0, 0.1) is 12.7 Å². The molecule has 0 radical (unpaired) electrons. The standard InChI is InChI=1S/C23H31FN6O/c1-16(2)22-19(23(28(4)27-22)29-9-11-31-12-10-29)15-25-14-18-5-6-21(20(24)13-18)30-8-7-26-17(30)3/h5-8,13,16,25H,9-12,14-15H2,1-4H3. The molecule has 1 aliphatic heterocycles. The normalized spacial score (nSPS) is 14.6. The van der Waals surface area contributed by atoms with E-state index >= 15 is 0 Å². The van der Waals surface area contributed by atoms with Gasteiger partial charge in [0.05, 0.1) is 24.6 Å². The molecule has 0 saturated carbocycles. The summed E-state index contributed by atoms with van der Waals surface area (Å²) in [5.74, 6) is 1.99. The molecule has 1 aliphatic rings. The van der Waals surface area contributed by atoms with Gasteiger partial charge in [0.2, 0.25) is 0 Å². The molecule has 1 saturated heterocycles. The second kappa shape index (κ2) is 9.20. The zero-order valence-electron chi connectivity index (χ0n) is 18.7. The summed E-state index contributed by atoms with van der Waals surface area (Å²) in [5, 5.41) is 8.30. The molecule has 0 spiro atoms. The number of nitrogens with one attached hydrogen (secondary N) is 1. The zero-order valence-corrected chi connectivity index (χ0v) is 18.7. The van der Waals surface area contributed by atoms with Gasteiger partial charge in [-0.3, -0.25) is 4.68 Å². The van der Waals surface area contributed by atoms with Crippen LogP contribution in [0.15, 0.2) is 30.6 Å². The number of aryl methyl sites for hydroxylation is 2. The number of halogens is 1. The highest BCUT2D eigenvalue weighted by Crippen LogP contribution is 2.29. The maximum atomic E-state index is 14.7. The molecule has 8 heteroatoms. The molecule has 31 heavy (non-hydrogen) atoms. The minimum atomic E-state index is -0.251. The van der Waals surface area contributed by atoms with Crippen molar-refractivity contribution < 1.29 is 9.13 Å². The molecule has 0 aliphatic carbocycles. The summed E-state index contributed by atoms with van der Waals surface area (Å²) in [7, 11) is 2.01. The van der Waals surface area contributed by atoms with E-state index in [1.807, 2.05) is 30.8 Å². The monoisotopic (exact) mass is 426 g/mol. The van der Waals surface area contributed by atoms with E-state index in [1.54, 1.807) is 23.0 Å². The van der Waals surface area contributed by atoms with Crippen LogP contribution in [0.2, 0.25) is 0 Å². The van der Waals surface area contributed by atoms with E-state index in [4.69, 9.17) is 9.84 Å². The van der Waals surface area contributed by atoms with Crippen molar-refractivity contribution in [2.75, 3.05) is 31.2 Å². The largest absolute Gasteiger partial charge is 0.378 e. The fraction of sp³-hybridized carbons (Fsp3) is 0.478. The van der Waals surface area contributed by atoms with Crippen molar-refractivity contribution >= 4 is 5.82 Å². The third-order valence-corrected chi connectivity index (χ3v) is 5.73. The Bertz CT molecular complexity index is 1030. The highest BCUT2D eigenvalue weighted by atomic mass is 19.1. The third-order valence-electron chi connectivity index (χ3n) is 5.73. The first-order valence-electron chi connectivity index (χ1n) is 10.8. The van der Waals surface area contributed by atoms with E-state index in [0.29, 0.717) is 24.7 Å². The topological polar surface area (TPSA) is 60.1 Å². The van der Waals surface area contributed by atoms with Crippen LogP contribution in [-0.4, -0.2) is 45.6 Å². The Morgan fingerprint density at radius 1 is 1.19 bits per heavy atom. The molecule has 4 rings (SSSR count). The van der Waals surface area contributed by atoms with Crippen molar-refractivity contribution in [2.45, 2.75) is 39.8 Å². The smallest absolute Gasteiger partial charge is 0.147 e. The fourth-order valence-corrected chi connectivity index (χ4v) is 4.20. The molecule has 3 heterocycles. The average Bonchev–Trinajstić information content (AvgIpc) is 3.32. The Kier molecular flexibility index (Phi) is 6.38. The Balaban J connectivity index is 1.49. The molecule has 0 atom stereocenters. The van der Waals surface area contributed by atoms with Gasteiger partial charge >= 0.3 is 0 Å². The number of hydrogen-bond donors (Lipinski definition) is 1. The van der Waals surface area contributed by atoms with Gasteiger partial charge in [0, 0.05) is 51.2 Å². The predicted octanol–water partition coefficient (Wildman–Crippen LogP) is 3.30. The predicted molar refractivity (Wildman–Crippen MR) is 119 cm³/mol. The number of benzene rings is 1. The SMILES string of the molecule is Cc1nccn1-c1ccc(CNCc2c(C(C)C)nn(C)c2N2CCOCC2)cc1F. The molecule has 2 aromatic heterocycles. The number of hydrogen-bond acceptors (Lipinski definition) is 5. The summed E-state index contributed by atoms with van der Waals surface area (Å²) in [6.07, 6.45) is 3.45. The lowest BCUT2D eigenvalue weighted by atomic mass is 10.0. The Morgan fingerprint density at radius 3 is 2.61 bits per heavy atom. The highest BCUT2D eigenvalue weighted by Gasteiger charge is 2.24. The van der Waals surface area contributed by atoms with Crippen LogP contribution in [-0.2, 0) is 24.9 Å². The Hall–Kier alpha value is -2.71. The van der Waals surface area contributed by atoms with E-state index in [0.717, 1.165) is 49.2 Å². The van der Waals surface area contributed by atoms with Crippen molar-refractivity contribution in [1.29, 1.82) is 0 Å². The van der Waals surface area contributed by atoms with Crippen molar-refractivity contribution in [3.63, 3.8) is 0 Å². The molecule has 166 valence electrons. The minimum Gasteiger partial charge on any atom is -0.378 e. The van der Waals surface area contributed by atoms with Gasteiger partial charge in [0.15, 0.2) is 0 Å². The number of ether oxygens (including phenoxy) is 1. The third kappa shape index (κ3) is 4.50. The van der Waals surface area contributed by atoms with Gasteiger partial charge in [-0.05, 0) is 30.5 Å². The fourth-order valence-electron chi connectivity index (χ4n) is 4.20. The zero-order chi connectivity index (χ0) is 22.0. The lowest BCUT2D eigenvalue weighted by molar-refractivity contribution is 0.122. The molecule has 7 nitrogen and oxygen atoms in total. The maximum absolute atomic E-state index is 14.7. The quantitative estimate of drug-likeness (QED) is 0.628. The molecule has 1 fully saturated rings. The van der Waals surface area contributed by atoms with Crippen molar-refractivity contribution in [3.05, 3.63) is 59.1 Å². The second-order valence-corrected chi connectivity index (χ2v) is 8.30. The summed E-state index contributed by atoms with van der Waals surface area (Å²) in [4.78, 5) is 6.52. The number of anilines is 1. The number of rotatable bonds is 7. The summed E-state index contributed by atoms with van der Waals surface area (Å²) in [5.41, 5.74) is 3.74. The number of nitrogens with zero attached hydrogens (tertiary/aromatic N) is 5. The van der Waals surface area contributed by atoms with Crippen LogP contribution in [0.4, 0.5) is 10.2 Å². The summed E-state index contributed by atoms with van der Waals surface area (Å²) >= 11 is 0. The van der Waals surface area contributed by atoms with Crippen molar-refractivity contribution in [3.8, 4) is 5.69 Å². The van der Waals surface area contributed by atoms with Crippen molar-refractivity contribution in [1.82, 2.24) is 24.6 Å². The first-order chi connectivity index (χ1) is 15.0. The minimum absolute atomic E-state index is 0.251. The van der Waals surface area contributed by atoms with Crippen molar-refractivity contribution in [2.24, 2.45) is 7.05 Å².